The number of ether oxygens (including phenoxy) is 1. The van der Waals surface area contributed by atoms with Crippen LogP contribution in [0.4, 0.5) is 0 Å². The smallest absolute Gasteiger partial charge is 0.256 e. The minimum atomic E-state index is -0.600. The second-order valence-electron chi connectivity index (χ2n) is 5.04. The molecular formula is C16H12ClN3O2. The first-order chi connectivity index (χ1) is 10.5. The van der Waals surface area contributed by atoms with Crippen molar-refractivity contribution < 1.29 is 4.74 Å². The number of hydrogen-bond donors (Lipinski definition) is 2. The first-order valence-corrected chi connectivity index (χ1v) is 6.96. The summed E-state index contributed by atoms with van der Waals surface area (Å²) in [5, 5.41) is 9.94. The molecule has 1 aromatic carbocycles. The minimum absolute atomic E-state index is 0.00461. The van der Waals surface area contributed by atoms with Gasteiger partial charge in [-0.2, -0.15) is 5.26 Å². The molecule has 0 amide bonds. The minimum Gasteiger partial charge on any atom is -0.440 e. The maximum Gasteiger partial charge on any atom is 0.256 e. The number of H-pyrrole nitrogens is 1. The van der Waals surface area contributed by atoms with Crippen molar-refractivity contribution in [2.45, 2.75) is 12.8 Å². The van der Waals surface area contributed by atoms with Crippen LogP contribution in [0.5, 0.6) is 5.75 Å². The van der Waals surface area contributed by atoms with Crippen LogP contribution in [0.1, 0.15) is 22.7 Å². The summed E-state index contributed by atoms with van der Waals surface area (Å²) in [7, 11) is 0. The van der Waals surface area contributed by atoms with Crippen molar-refractivity contribution in [3.8, 4) is 11.8 Å². The summed E-state index contributed by atoms with van der Waals surface area (Å²) < 4.78 is 5.46. The predicted octanol–water partition coefficient (Wildman–Crippen LogP) is 2.55. The summed E-state index contributed by atoms with van der Waals surface area (Å²) in [5.41, 5.74) is 7.48. The van der Waals surface area contributed by atoms with Gasteiger partial charge in [0.05, 0.1) is 11.5 Å². The van der Waals surface area contributed by atoms with E-state index in [0.29, 0.717) is 27.6 Å². The van der Waals surface area contributed by atoms with Crippen LogP contribution < -0.4 is 16.0 Å². The third-order valence-corrected chi connectivity index (χ3v) is 3.77. The van der Waals surface area contributed by atoms with E-state index in [0.717, 1.165) is 0 Å². The number of allylic oxidation sites excluding steroid dienone is 1. The molecule has 5 nitrogen and oxygen atoms in total. The fraction of sp³-hybridized carbons (Fsp3) is 0.125. The van der Waals surface area contributed by atoms with Gasteiger partial charge in [0.15, 0.2) is 0 Å². The van der Waals surface area contributed by atoms with Gasteiger partial charge in [-0.25, -0.2) is 0 Å². The number of nitrogens with two attached hydrogens (primary N) is 1. The molecule has 0 saturated carbocycles. The van der Waals surface area contributed by atoms with Gasteiger partial charge in [-0.05, 0) is 24.6 Å². The number of aromatic amines is 1. The lowest BCUT2D eigenvalue weighted by Crippen LogP contribution is -2.28. The molecule has 0 spiro atoms. The molecule has 2 heterocycles. The van der Waals surface area contributed by atoms with E-state index in [2.05, 4.69) is 4.98 Å². The zero-order valence-corrected chi connectivity index (χ0v) is 12.4. The number of nitriles is 1. The van der Waals surface area contributed by atoms with E-state index in [4.69, 9.17) is 22.1 Å². The molecule has 0 aliphatic carbocycles. The SMILES string of the molecule is Cc1cc2c(c(=O)[nH]1)[C@@H](c1cccc(Cl)c1)C(C#N)=C(N)O2. The van der Waals surface area contributed by atoms with Crippen LogP contribution in [0, 0.1) is 18.3 Å². The Labute approximate surface area is 131 Å². The molecule has 1 aromatic heterocycles. The Hall–Kier alpha value is -2.71. The second-order valence-corrected chi connectivity index (χ2v) is 5.48. The maximum atomic E-state index is 12.4. The number of hydrogen-bond acceptors (Lipinski definition) is 4. The lowest BCUT2D eigenvalue weighted by molar-refractivity contribution is 0.391. The van der Waals surface area contributed by atoms with Gasteiger partial charge in [0.2, 0.25) is 5.88 Å². The molecule has 3 rings (SSSR count). The van der Waals surface area contributed by atoms with Crippen LogP contribution in [0.25, 0.3) is 0 Å². The average Bonchev–Trinajstić information content (AvgIpc) is 2.45. The number of nitrogens with zero attached hydrogens (tertiary/aromatic N) is 1. The van der Waals surface area contributed by atoms with Crippen molar-refractivity contribution in [3.63, 3.8) is 0 Å². The number of rotatable bonds is 1. The van der Waals surface area contributed by atoms with Gasteiger partial charge in [-0.3, -0.25) is 4.79 Å². The molecule has 6 heteroatoms. The third kappa shape index (κ3) is 2.24. The number of halogens is 1. The van der Waals surface area contributed by atoms with Crippen LogP contribution in [0.3, 0.4) is 0 Å². The van der Waals surface area contributed by atoms with Crippen molar-refractivity contribution in [1.82, 2.24) is 4.98 Å². The Balaban J connectivity index is 2.32. The van der Waals surface area contributed by atoms with Crippen LogP contribution in [-0.2, 0) is 0 Å². The number of fused-ring (bicyclic) bond motifs is 1. The molecule has 1 aliphatic rings. The van der Waals surface area contributed by atoms with E-state index in [-0.39, 0.29) is 17.0 Å². The van der Waals surface area contributed by atoms with Crippen molar-refractivity contribution in [3.05, 3.63) is 74.0 Å². The highest BCUT2D eigenvalue weighted by Crippen LogP contribution is 2.40. The van der Waals surface area contributed by atoms with Crippen LogP contribution >= 0.6 is 11.6 Å². The summed E-state index contributed by atoms with van der Waals surface area (Å²) in [5.74, 6) is -0.232. The molecule has 0 bridgehead atoms. The quantitative estimate of drug-likeness (QED) is 0.846. The maximum absolute atomic E-state index is 12.4. The topological polar surface area (TPSA) is 91.9 Å². The lowest BCUT2D eigenvalue weighted by atomic mass is 9.84. The predicted molar refractivity (Wildman–Crippen MR) is 82.5 cm³/mol. The normalized spacial score (nSPS) is 16.7. The monoisotopic (exact) mass is 313 g/mol. The van der Waals surface area contributed by atoms with E-state index in [1.165, 1.54) is 0 Å². The fourth-order valence-corrected chi connectivity index (χ4v) is 2.82. The van der Waals surface area contributed by atoms with Crippen molar-refractivity contribution in [1.29, 1.82) is 5.26 Å². The molecule has 0 unspecified atom stereocenters. The summed E-state index contributed by atoms with van der Waals surface area (Å²) >= 11 is 6.04. The van der Waals surface area contributed by atoms with Gasteiger partial charge in [0, 0.05) is 16.8 Å². The van der Waals surface area contributed by atoms with Crippen molar-refractivity contribution in [2.75, 3.05) is 0 Å². The molecule has 0 saturated heterocycles. The Kier molecular flexibility index (Phi) is 3.39. The number of nitrogens with one attached hydrogen (secondary N) is 1. The lowest BCUT2D eigenvalue weighted by Gasteiger charge is -2.25. The van der Waals surface area contributed by atoms with Crippen molar-refractivity contribution in [2.24, 2.45) is 5.73 Å². The third-order valence-electron chi connectivity index (χ3n) is 3.53. The largest absolute Gasteiger partial charge is 0.440 e. The summed E-state index contributed by atoms with van der Waals surface area (Å²) in [6, 6.07) is 10.7. The van der Waals surface area contributed by atoms with Gasteiger partial charge in [-0.1, -0.05) is 23.7 Å². The molecule has 110 valence electrons. The Bertz CT molecular complexity index is 893. The summed E-state index contributed by atoms with van der Waals surface area (Å²) in [4.78, 5) is 15.1. The van der Waals surface area contributed by atoms with E-state index in [1.807, 2.05) is 6.07 Å². The van der Waals surface area contributed by atoms with Crippen LogP contribution in [0.2, 0.25) is 5.02 Å². The van der Waals surface area contributed by atoms with Crippen molar-refractivity contribution >= 4 is 11.6 Å². The van der Waals surface area contributed by atoms with Gasteiger partial charge in [-0.15, -0.1) is 0 Å². The van der Waals surface area contributed by atoms with Gasteiger partial charge in [0.1, 0.15) is 17.4 Å². The van der Waals surface area contributed by atoms with E-state index in [9.17, 15) is 10.1 Å². The van der Waals surface area contributed by atoms with E-state index < -0.39 is 5.92 Å². The molecule has 2 aromatic rings. The molecule has 0 fully saturated rings. The number of aromatic nitrogens is 1. The highest BCUT2D eigenvalue weighted by atomic mass is 35.5. The number of benzene rings is 1. The standard InChI is InChI=1S/C16H12ClN3O2/c1-8-5-12-14(16(21)20-8)13(11(7-18)15(19)22-12)9-3-2-4-10(17)6-9/h2-6,13H,19H2,1H3,(H,20,21)/t13-/m0/s1. The number of pyridine rings is 1. The molecular weight excluding hydrogens is 302 g/mol. The number of aryl methyl sites for hydroxylation is 1. The molecule has 3 N–H and O–H groups in total. The van der Waals surface area contributed by atoms with Gasteiger partial charge < -0.3 is 15.5 Å². The molecule has 1 aliphatic heterocycles. The average molecular weight is 314 g/mol. The zero-order valence-electron chi connectivity index (χ0n) is 11.7. The van der Waals surface area contributed by atoms with Gasteiger partial charge in [0.25, 0.3) is 5.56 Å². The Morgan fingerprint density at radius 3 is 2.86 bits per heavy atom. The van der Waals surface area contributed by atoms with Crippen LogP contribution in [-0.4, -0.2) is 4.98 Å². The summed E-state index contributed by atoms with van der Waals surface area (Å²) in [6.45, 7) is 1.75. The van der Waals surface area contributed by atoms with E-state index >= 15 is 0 Å². The van der Waals surface area contributed by atoms with Crippen LogP contribution in [0.15, 0.2) is 46.6 Å². The highest BCUT2D eigenvalue weighted by molar-refractivity contribution is 6.30. The Morgan fingerprint density at radius 2 is 2.18 bits per heavy atom. The Morgan fingerprint density at radius 1 is 1.41 bits per heavy atom. The molecule has 22 heavy (non-hydrogen) atoms. The second kappa shape index (κ2) is 5.24. The molecule has 0 radical (unpaired) electrons. The summed E-state index contributed by atoms with van der Waals surface area (Å²) in [6.07, 6.45) is 0. The first-order valence-electron chi connectivity index (χ1n) is 6.58. The zero-order chi connectivity index (χ0) is 15.9. The fourth-order valence-electron chi connectivity index (χ4n) is 2.63. The van der Waals surface area contributed by atoms with E-state index in [1.54, 1.807) is 37.3 Å². The van der Waals surface area contributed by atoms with Gasteiger partial charge >= 0.3 is 0 Å². The first kappa shape index (κ1) is 14.2. The highest BCUT2D eigenvalue weighted by Gasteiger charge is 2.33. The molecule has 1 atom stereocenters.